The van der Waals surface area contributed by atoms with Crippen LogP contribution in [0.25, 0.3) is 0 Å². The molecule has 0 aromatic heterocycles. The topological polar surface area (TPSA) is 21.3 Å². The Balaban J connectivity index is 1.94. The van der Waals surface area contributed by atoms with Crippen LogP contribution in [0.1, 0.15) is 11.1 Å². The molecule has 0 unspecified atom stereocenters. The fourth-order valence-corrected chi connectivity index (χ4v) is 2.09. The van der Waals surface area contributed by atoms with Crippen LogP contribution in [-0.4, -0.2) is 6.61 Å². The van der Waals surface area contributed by atoms with E-state index >= 15 is 0 Å². The van der Waals surface area contributed by atoms with E-state index in [1.165, 1.54) is 0 Å². The van der Waals surface area contributed by atoms with E-state index < -0.39 is 0 Å². The summed E-state index contributed by atoms with van der Waals surface area (Å²) in [5.74, 6) is 3.29. The van der Waals surface area contributed by atoms with Crippen LogP contribution < -0.4 is 10.1 Å². The number of rotatable bonds is 6. The Morgan fingerprint density at radius 1 is 1.00 bits per heavy atom. The first-order chi connectivity index (χ1) is 9.81. The lowest BCUT2D eigenvalue weighted by Gasteiger charge is -2.11. The van der Waals surface area contributed by atoms with E-state index in [-0.39, 0.29) is 6.61 Å². The summed E-state index contributed by atoms with van der Waals surface area (Å²) >= 11 is 6.12. The van der Waals surface area contributed by atoms with Crippen molar-refractivity contribution >= 4 is 11.6 Å². The summed E-state index contributed by atoms with van der Waals surface area (Å²) in [7, 11) is 0. The quantitative estimate of drug-likeness (QED) is 0.818. The second-order valence-electron chi connectivity index (χ2n) is 4.30. The average Bonchev–Trinajstić information content (AvgIpc) is 2.48. The molecule has 0 saturated heterocycles. The highest BCUT2D eigenvalue weighted by molar-refractivity contribution is 6.31. The monoisotopic (exact) mass is 285 g/mol. The fourth-order valence-electron chi connectivity index (χ4n) is 1.88. The Kier molecular flexibility index (Phi) is 5.49. The maximum atomic E-state index is 6.12. The lowest BCUT2D eigenvalue weighted by Crippen LogP contribution is -2.14. The summed E-state index contributed by atoms with van der Waals surface area (Å²) in [6, 6.07) is 15.7. The molecule has 0 fully saturated rings. The SMILES string of the molecule is C#CCOc1ccccc1CNCc1ccccc1Cl. The van der Waals surface area contributed by atoms with E-state index in [4.69, 9.17) is 22.8 Å². The van der Waals surface area contributed by atoms with Crippen molar-refractivity contribution in [1.82, 2.24) is 5.32 Å². The summed E-state index contributed by atoms with van der Waals surface area (Å²) < 4.78 is 5.51. The Labute approximate surface area is 124 Å². The number of halogens is 1. The number of para-hydroxylation sites is 1. The molecule has 0 amide bonds. The van der Waals surface area contributed by atoms with Crippen molar-refractivity contribution < 1.29 is 4.74 Å². The zero-order chi connectivity index (χ0) is 14.2. The standard InChI is InChI=1S/C17H16ClNO/c1-2-11-20-17-10-6-4-8-15(17)13-19-12-14-7-3-5-9-16(14)18/h1,3-10,19H,11-13H2. The zero-order valence-corrected chi connectivity index (χ0v) is 11.9. The average molecular weight is 286 g/mol. The molecule has 1 N–H and O–H groups in total. The van der Waals surface area contributed by atoms with Gasteiger partial charge in [-0.25, -0.2) is 0 Å². The number of terminal acetylenes is 1. The smallest absolute Gasteiger partial charge is 0.148 e. The maximum Gasteiger partial charge on any atom is 0.148 e. The number of benzene rings is 2. The third-order valence-electron chi connectivity index (χ3n) is 2.87. The Hall–Kier alpha value is -1.95. The molecule has 0 radical (unpaired) electrons. The number of ether oxygens (including phenoxy) is 1. The van der Waals surface area contributed by atoms with Gasteiger partial charge in [-0.1, -0.05) is 53.9 Å². The molecular formula is C17H16ClNO. The molecule has 0 aliphatic rings. The first-order valence-electron chi connectivity index (χ1n) is 6.39. The van der Waals surface area contributed by atoms with E-state index in [1.807, 2.05) is 48.5 Å². The van der Waals surface area contributed by atoms with Crippen molar-refractivity contribution in [2.75, 3.05) is 6.61 Å². The van der Waals surface area contributed by atoms with Gasteiger partial charge in [0.15, 0.2) is 0 Å². The molecule has 0 aliphatic heterocycles. The summed E-state index contributed by atoms with van der Waals surface area (Å²) in [6.07, 6.45) is 5.21. The van der Waals surface area contributed by atoms with Gasteiger partial charge < -0.3 is 10.1 Å². The summed E-state index contributed by atoms with van der Waals surface area (Å²) in [4.78, 5) is 0. The molecule has 0 atom stereocenters. The Morgan fingerprint density at radius 3 is 2.40 bits per heavy atom. The van der Waals surface area contributed by atoms with Crippen LogP contribution in [0.4, 0.5) is 0 Å². The van der Waals surface area contributed by atoms with Gasteiger partial charge in [0.1, 0.15) is 12.4 Å². The van der Waals surface area contributed by atoms with Crippen molar-refractivity contribution in [2.24, 2.45) is 0 Å². The van der Waals surface area contributed by atoms with Crippen LogP contribution in [0.5, 0.6) is 5.75 Å². The largest absolute Gasteiger partial charge is 0.481 e. The molecule has 0 spiro atoms. The Bertz CT molecular complexity index is 604. The molecule has 2 nitrogen and oxygen atoms in total. The third-order valence-corrected chi connectivity index (χ3v) is 3.24. The van der Waals surface area contributed by atoms with Gasteiger partial charge in [0.25, 0.3) is 0 Å². The lowest BCUT2D eigenvalue weighted by atomic mass is 10.2. The first kappa shape index (κ1) is 14.5. The minimum Gasteiger partial charge on any atom is -0.481 e. The van der Waals surface area contributed by atoms with Gasteiger partial charge in [-0.3, -0.25) is 0 Å². The molecule has 0 saturated carbocycles. The highest BCUT2D eigenvalue weighted by atomic mass is 35.5. The summed E-state index contributed by atoms with van der Waals surface area (Å²) in [5, 5.41) is 4.13. The van der Waals surface area contributed by atoms with Crippen molar-refractivity contribution in [3.05, 3.63) is 64.7 Å². The van der Waals surface area contributed by atoms with Crippen LogP contribution in [0, 0.1) is 12.3 Å². The minimum absolute atomic E-state index is 0.279. The second kappa shape index (κ2) is 7.59. The van der Waals surface area contributed by atoms with Gasteiger partial charge >= 0.3 is 0 Å². The van der Waals surface area contributed by atoms with Crippen LogP contribution >= 0.6 is 11.6 Å². The Morgan fingerprint density at radius 2 is 1.65 bits per heavy atom. The second-order valence-corrected chi connectivity index (χ2v) is 4.70. The van der Waals surface area contributed by atoms with Crippen molar-refractivity contribution in [3.63, 3.8) is 0 Å². The van der Waals surface area contributed by atoms with Crippen molar-refractivity contribution in [2.45, 2.75) is 13.1 Å². The molecule has 2 rings (SSSR count). The fraction of sp³-hybridized carbons (Fsp3) is 0.176. The molecule has 2 aromatic carbocycles. The van der Waals surface area contributed by atoms with Crippen LogP contribution in [0.15, 0.2) is 48.5 Å². The van der Waals surface area contributed by atoms with Crippen molar-refractivity contribution in [3.8, 4) is 18.1 Å². The number of hydrogen-bond donors (Lipinski definition) is 1. The predicted octanol–water partition coefficient (Wildman–Crippen LogP) is 3.64. The molecule has 0 heterocycles. The van der Waals surface area contributed by atoms with Gasteiger partial charge in [-0.2, -0.15) is 0 Å². The summed E-state index contributed by atoms with van der Waals surface area (Å²) in [5.41, 5.74) is 2.16. The number of hydrogen-bond acceptors (Lipinski definition) is 2. The molecule has 20 heavy (non-hydrogen) atoms. The van der Waals surface area contributed by atoms with Gasteiger partial charge in [0.05, 0.1) is 0 Å². The van der Waals surface area contributed by atoms with E-state index in [1.54, 1.807) is 0 Å². The zero-order valence-electron chi connectivity index (χ0n) is 11.1. The van der Waals surface area contributed by atoms with Crippen LogP contribution in [0.2, 0.25) is 5.02 Å². The van der Waals surface area contributed by atoms with E-state index in [0.717, 1.165) is 21.9 Å². The first-order valence-corrected chi connectivity index (χ1v) is 6.77. The van der Waals surface area contributed by atoms with Crippen LogP contribution in [-0.2, 0) is 13.1 Å². The molecular weight excluding hydrogens is 270 g/mol. The van der Waals surface area contributed by atoms with Crippen molar-refractivity contribution in [1.29, 1.82) is 0 Å². The normalized spacial score (nSPS) is 10.0. The number of nitrogens with one attached hydrogen (secondary N) is 1. The van der Waals surface area contributed by atoms with E-state index in [2.05, 4.69) is 11.2 Å². The molecule has 2 aromatic rings. The maximum absolute atomic E-state index is 6.12. The van der Waals surface area contributed by atoms with Gasteiger partial charge in [-0.05, 0) is 17.7 Å². The molecule has 0 aliphatic carbocycles. The summed E-state index contributed by atoms with van der Waals surface area (Å²) in [6.45, 7) is 1.69. The van der Waals surface area contributed by atoms with Gasteiger partial charge in [0.2, 0.25) is 0 Å². The van der Waals surface area contributed by atoms with E-state index in [0.29, 0.717) is 13.1 Å². The lowest BCUT2D eigenvalue weighted by molar-refractivity contribution is 0.365. The van der Waals surface area contributed by atoms with Gasteiger partial charge in [-0.15, -0.1) is 6.42 Å². The minimum atomic E-state index is 0.279. The highest BCUT2D eigenvalue weighted by Crippen LogP contribution is 2.18. The van der Waals surface area contributed by atoms with E-state index in [9.17, 15) is 0 Å². The van der Waals surface area contributed by atoms with Crippen LogP contribution in [0.3, 0.4) is 0 Å². The molecule has 3 heteroatoms. The third kappa shape index (κ3) is 4.03. The van der Waals surface area contributed by atoms with Gasteiger partial charge in [0, 0.05) is 23.7 Å². The highest BCUT2D eigenvalue weighted by Gasteiger charge is 2.03. The molecule has 0 bridgehead atoms. The predicted molar refractivity (Wildman–Crippen MR) is 82.8 cm³/mol. The molecule has 102 valence electrons.